The summed E-state index contributed by atoms with van der Waals surface area (Å²) in [5, 5.41) is 10.2. The van der Waals surface area contributed by atoms with Crippen LogP contribution in [-0.4, -0.2) is 30.9 Å². The molecular weight excluding hydrogens is 366 g/mol. The monoisotopic (exact) mass is 381 g/mol. The molecule has 0 spiro atoms. The van der Waals surface area contributed by atoms with Crippen LogP contribution in [0.2, 0.25) is 0 Å². The van der Waals surface area contributed by atoms with Crippen molar-refractivity contribution in [2.45, 2.75) is 20.5 Å². The SMILES string of the molecule is Cc1cc(C)n(-c2ccc(C(=O)OCc3nc(-c4cccs4)no3)cn2)n1. The second kappa shape index (κ2) is 7.12. The summed E-state index contributed by atoms with van der Waals surface area (Å²) in [4.78, 5) is 21.6. The molecule has 0 saturated carbocycles. The third-order valence-corrected chi connectivity index (χ3v) is 4.61. The maximum atomic E-state index is 12.2. The Hall–Kier alpha value is -3.33. The molecule has 0 amide bonds. The number of pyridine rings is 1. The maximum absolute atomic E-state index is 12.2. The molecule has 136 valence electrons. The van der Waals surface area contributed by atoms with Gasteiger partial charge in [-0.15, -0.1) is 11.3 Å². The summed E-state index contributed by atoms with van der Waals surface area (Å²) in [6, 6.07) is 9.11. The maximum Gasteiger partial charge on any atom is 0.340 e. The Bertz CT molecular complexity index is 1070. The molecule has 0 saturated heterocycles. The fraction of sp³-hybridized carbons (Fsp3) is 0.167. The molecule has 0 aromatic carbocycles. The van der Waals surface area contributed by atoms with Gasteiger partial charge in [0, 0.05) is 11.9 Å². The number of esters is 1. The standard InChI is InChI=1S/C18H15N5O3S/c1-11-8-12(2)23(21-11)15-6-5-13(9-19-15)18(24)25-10-16-20-17(22-26-16)14-4-3-7-27-14/h3-9H,10H2,1-2H3. The first kappa shape index (κ1) is 17.1. The van der Waals surface area contributed by atoms with Crippen LogP contribution in [0, 0.1) is 13.8 Å². The van der Waals surface area contributed by atoms with E-state index in [1.807, 2.05) is 37.4 Å². The van der Waals surface area contributed by atoms with Crippen LogP contribution < -0.4 is 0 Å². The fourth-order valence-electron chi connectivity index (χ4n) is 2.52. The first-order valence-electron chi connectivity index (χ1n) is 8.13. The minimum atomic E-state index is -0.515. The number of carbonyl (C=O) groups excluding carboxylic acids is 1. The molecule has 4 aromatic heterocycles. The Balaban J connectivity index is 1.40. The normalized spacial score (nSPS) is 10.9. The number of carbonyl (C=O) groups is 1. The van der Waals surface area contributed by atoms with E-state index in [-0.39, 0.29) is 12.5 Å². The number of thiophene rings is 1. The van der Waals surface area contributed by atoms with Gasteiger partial charge < -0.3 is 9.26 Å². The average molecular weight is 381 g/mol. The van der Waals surface area contributed by atoms with Crippen molar-refractivity contribution in [2.75, 3.05) is 0 Å². The fourth-order valence-corrected chi connectivity index (χ4v) is 3.17. The third-order valence-electron chi connectivity index (χ3n) is 3.75. The van der Waals surface area contributed by atoms with Crippen LogP contribution in [0.3, 0.4) is 0 Å². The number of aromatic nitrogens is 5. The highest BCUT2D eigenvalue weighted by molar-refractivity contribution is 7.13. The molecule has 0 atom stereocenters. The molecule has 0 fully saturated rings. The Labute approximate surface area is 158 Å². The van der Waals surface area contributed by atoms with Gasteiger partial charge in [-0.2, -0.15) is 10.1 Å². The van der Waals surface area contributed by atoms with E-state index in [9.17, 15) is 4.79 Å². The van der Waals surface area contributed by atoms with Crippen molar-refractivity contribution in [2.24, 2.45) is 0 Å². The van der Waals surface area contributed by atoms with Crippen molar-refractivity contribution >= 4 is 17.3 Å². The second-order valence-electron chi connectivity index (χ2n) is 5.81. The Morgan fingerprint density at radius 1 is 1.30 bits per heavy atom. The highest BCUT2D eigenvalue weighted by atomic mass is 32.1. The van der Waals surface area contributed by atoms with E-state index < -0.39 is 5.97 Å². The van der Waals surface area contributed by atoms with Crippen molar-refractivity contribution in [3.8, 4) is 16.5 Å². The highest BCUT2D eigenvalue weighted by Gasteiger charge is 2.14. The van der Waals surface area contributed by atoms with Gasteiger partial charge in [0.1, 0.15) is 0 Å². The van der Waals surface area contributed by atoms with Crippen LogP contribution in [0.25, 0.3) is 16.5 Å². The molecule has 27 heavy (non-hydrogen) atoms. The first-order chi connectivity index (χ1) is 13.1. The smallest absolute Gasteiger partial charge is 0.340 e. The van der Waals surface area contributed by atoms with Crippen LogP contribution >= 0.6 is 11.3 Å². The van der Waals surface area contributed by atoms with Gasteiger partial charge in [-0.3, -0.25) is 0 Å². The third kappa shape index (κ3) is 3.63. The molecule has 0 N–H and O–H groups in total. The molecule has 0 bridgehead atoms. The van der Waals surface area contributed by atoms with Crippen molar-refractivity contribution in [3.05, 3.63) is 64.8 Å². The van der Waals surface area contributed by atoms with Gasteiger partial charge in [-0.25, -0.2) is 14.5 Å². The summed E-state index contributed by atoms with van der Waals surface area (Å²) in [5.41, 5.74) is 2.20. The molecule has 0 aliphatic carbocycles. The van der Waals surface area contributed by atoms with Gasteiger partial charge in [-0.05, 0) is 43.5 Å². The van der Waals surface area contributed by atoms with Crippen molar-refractivity contribution in [1.29, 1.82) is 0 Å². The highest BCUT2D eigenvalue weighted by Crippen LogP contribution is 2.21. The molecule has 4 aromatic rings. The zero-order valence-corrected chi connectivity index (χ0v) is 15.4. The van der Waals surface area contributed by atoms with Crippen LogP contribution in [0.15, 0.2) is 46.4 Å². The van der Waals surface area contributed by atoms with Crippen molar-refractivity contribution in [1.82, 2.24) is 24.9 Å². The predicted molar refractivity (Wildman–Crippen MR) is 97.6 cm³/mol. The Morgan fingerprint density at radius 2 is 2.19 bits per heavy atom. The number of ether oxygens (including phenoxy) is 1. The van der Waals surface area contributed by atoms with E-state index in [1.54, 1.807) is 16.8 Å². The van der Waals surface area contributed by atoms with Crippen LogP contribution in [0.5, 0.6) is 0 Å². The van der Waals surface area contributed by atoms with Crippen LogP contribution in [0.1, 0.15) is 27.6 Å². The summed E-state index contributed by atoms with van der Waals surface area (Å²) >= 11 is 1.50. The predicted octanol–water partition coefficient (Wildman–Crippen LogP) is 3.35. The average Bonchev–Trinajstić information content (AvgIpc) is 3.40. The minimum absolute atomic E-state index is 0.101. The van der Waals surface area contributed by atoms with E-state index >= 15 is 0 Å². The summed E-state index contributed by atoms with van der Waals surface area (Å²) in [6.45, 7) is 3.76. The summed E-state index contributed by atoms with van der Waals surface area (Å²) in [5.74, 6) is 0.832. The Morgan fingerprint density at radius 3 is 2.85 bits per heavy atom. The summed E-state index contributed by atoms with van der Waals surface area (Å²) < 4.78 is 12.0. The lowest BCUT2D eigenvalue weighted by Crippen LogP contribution is -2.08. The molecule has 0 aliphatic rings. The first-order valence-corrected chi connectivity index (χ1v) is 9.01. The molecule has 0 aliphatic heterocycles. The quantitative estimate of drug-likeness (QED) is 0.489. The number of nitrogens with zero attached hydrogens (tertiary/aromatic N) is 5. The van der Waals surface area contributed by atoms with E-state index in [4.69, 9.17) is 9.26 Å². The van der Waals surface area contributed by atoms with Crippen LogP contribution in [-0.2, 0) is 11.3 Å². The molecule has 4 heterocycles. The Kier molecular flexibility index (Phi) is 4.51. The molecule has 0 radical (unpaired) electrons. The largest absolute Gasteiger partial charge is 0.452 e. The lowest BCUT2D eigenvalue weighted by Gasteiger charge is -2.05. The molecule has 9 heteroatoms. The van der Waals surface area contributed by atoms with E-state index in [0.717, 1.165) is 16.3 Å². The van der Waals surface area contributed by atoms with Gasteiger partial charge in [0.25, 0.3) is 5.89 Å². The second-order valence-corrected chi connectivity index (χ2v) is 6.76. The number of aryl methyl sites for hydroxylation is 2. The number of hydrogen-bond acceptors (Lipinski definition) is 8. The van der Waals surface area contributed by atoms with Gasteiger partial charge in [0.2, 0.25) is 5.82 Å². The summed E-state index contributed by atoms with van der Waals surface area (Å²) in [6.07, 6.45) is 1.46. The lowest BCUT2D eigenvalue weighted by molar-refractivity contribution is 0.0429. The molecule has 4 rings (SSSR count). The lowest BCUT2D eigenvalue weighted by atomic mass is 10.3. The van der Waals surface area contributed by atoms with E-state index in [0.29, 0.717) is 17.2 Å². The number of hydrogen-bond donors (Lipinski definition) is 0. The van der Waals surface area contributed by atoms with Gasteiger partial charge in [0.15, 0.2) is 12.4 Å². The summed E-state index contributed by atoms with van der Waals surface area (Å²) in [7, 11) is 0. The zero-order valence-electron chi connectivity index (χ0n) is 14.6. The van der Waals surface area contributed by atoms with Crippen LogP contribution in [0.4, 0.5) is 0 Å². The van der Waals surface area contributed by atoms with Crippen molar-refractivity contribution in [3.63, 3.8) is 0 Å². The topological polar surface area (TPSA) is 95.9 Å². The molecule has 8 nitrogen and oxygen atoms in total. The van der Waals surface area contributed by atoms with E-state index in [2.05, 4.69) is 20.2 Å². The van der Waals surface area contributed by atoms with Gasteiger partial charge in [-0.1, -0.05) is 11.2 Å². The van der Waals surface area contributed by atoms with Crippen molar-refractivity contribution < 1.29 is 14.1 Å². The van der Waals surface area contributed by atoms with Gasteiger partial charge >= 0.3 is 5.97 Å². The molecule has 0 unspecified atom stereocenters. The number of rotatable bonds is 5. The van der Waals surface area contributed by atoms with Gasteiger partial charge in [0.05, 0.1) is 16.1 Å². The zero-order chi connectivity index (χ0) is 18.8. The minimum Gasteiger partial charge on any atom is -0.452 e. The van der Waals surface area contributed by atoms with E-state index in [1.165, 1.54) is 17.5 Å². The molecular formula is C18H15N5O3S.